The Balaban J connectivity index is 4.03. The zero-order valence-electron chi connectivity index (χ0n) is 7.30. The van der Waals surface area contributed by atoms with E-state index in [1.54, 1.807) is 0 Å². The average Bonchev–Trinajstić information content (AvgIpc) is 1.98. The molecule has 3 N–H and O–H groups in total. The van der Waals surface area contributed by atoms with Gasteiger partial charge >= 0.3 is 0 Å². The van der Waals surface area contributed by atoms with Crippen molar-refractivity contribution in [2.75, 3.05) is 11.1 Å². The van der Waals surface area contributed by atoms with Gasteiger partial charge in [0, 0.05) is 5.92 Å². The fourth-order valence-electron chi connectivity index (χ4n) is 0.562. The first-order valence-corrected chi connectivity index (χ1v) is 5.19. The lowest BCUT2D eigenvalue weighted by Gasteiger charge is -2.19. The number of halogens is 1. The Kier molecular flexibility index (Phi) is 5.19. The van der Waals surface area contributed by atoms with Crippen molar-refractivity contribution in [3.05, 3.63) is 0 Å². The van der Waals surface area contributed by atoms with E-state index < -0.39 is 0 Å². The third kappa shape index (κ3) is 3.89. The number of guanidine groups is 1. The predicted molar refractivity (Wildman–Crippen MR) is 57.4 cm³/mol. The third-order valence-electron chi connectivity index (χ3n) is 1.48. The summed E-state index contributed by atoms with van der Waals surface area (Å²) in [6, 6.07) is 0. The van der Waals surface area contributed by atoms with Crippen molar-refractivity contribution in [2.24, 2.45) is 11.7 Å². The molecule has 0 aromatic heterocycles. The van der Waals surface area contributed by atoms with Crippen molar-refractivity contribution >= 4 is 34.3 Å². The minimum absolute atomic E-state index is 0.00907. The molecule has 0 bridgehead atoms. The normalized spacial score (nSPS) is 10.0. The predicted octanol–water partition coefficient (Wildman–Crippen LogP) is 0.799. The van der Waals surface area contributed by atoms with Crippen LogP contribution in [0.1, 0.15) is 13.8 Å². The van der Waals surface area contributed by atoms with Crippen molar-refractivity contribution in [2.45, 2.75) is 13.8 Å². The van der Waals surface area contributed by atoms with E-state index in [1.807, 2.05) is 13.8 Å². The van der Waals surface area contributed by atoms with Crippen LogP contribution < -0.4 is 5.73 Å². The van der Waals surface area contributed by atoms with Crippen LogP contribution >= 0.6 is 22.6 Å². The van der Waals surface area contributed by atoms with Gasteiger partial charge in [-0.2, -0.15) is 0 Å². The van der Waals surface area contributed by atoms with Gasteiger partial charge in [-0.1, -0.05) is 36.4 Å². The maximum absolute atomic E-state index is 11.2. The summed E-state index contributed by atoms with van der Waals surface area (Å²) < 4.78 is 0.575. The Morgan fingerprint density at radius 2 is 2.17 bits per heavy atom. The number of nitrogens with zero attached hydrogens (tertiary/aromatic N) is 1. The summed E-state index contributed by atoms with van der Waals surface area (Å²) in [5.74, 6) is 0.0788. The van der Waals surface area contributed by atoms with Gasteiger partial charge in [0.25, 0.3) is 0 Å². The molecule has 0 spiro atoms. The van der Waals surface area contributed by atoms with Crippen molar-refractivity contribution in [1.29, 1.82) is 5.41 Å². The van der Waals surface area contributed by atoms with E-state index in [-0.39, 0.29) is 24.2 Å². The van der Waals surface area contributed by atoms with Crippen LogP contribution in [0.25, 0.3) is 0 Å². The van der Waals surface area contributed by atoms with E-state index in [2.05, 4.69) is 22.6 Å². The van der Waals surface area contributed by atoms with Crippen LogP contribution in [-0.4, -0.2) is 27.7 Å². The Hall–Kier alpha value is -0.330. The Bertz CT molecular complexity index is 181. The number of nitrogens with two attached hydrogens (primary N) is 1. The molecule has 0 rings (SSSR count). The van der Waals surface area contributed by atoms with Crippen molar-refractivity contribution in [1.82, 2.24) is 4.90 Å². The number of ketones is 1. The van der Waals surface area contributed by atoms with E-state index in [1.165, 1.54) is 4.90 Å². The van der Waals surface area contributed by atoms with Gasteiger partial charge in [0.05, 0.1) is 11.1 Å². The smallest absolute Gasteiger partial charge is 0.189 e. The number of carbonyl (C=O) groups excluding carboxylic acids is 1. The summed E-state index contributed by atoms with van der Waals surface area (Å²) in [6.45, 7) is 3.93. The molecule has 4 nitrogen and oxygen atoms in total. The first-order valence-electron chi connectivity index (χ1n) is 3.66. The lowest BCUT2D eigenvalue weighted by Crippen LogP contribution is -2.40. The number of nitrogens with one attached hydrogen (secondary N) is 1. The molecule has 0 aliphatic heterocycles. The standard InChI is InChI=1S/C7H14IN3O/c1-5(2)6(12)3-11(4-8)7(9)10/h5H,3-4H2,1-2H3,(H3,9,10). The molecule has 12 heavy (non-hydrogen) atoms. The number of rotatable bonds is 4. The Morgan fingerprint density at radius 1 is 1.67 bits per heavy atom. The van der Waals surface area contributed by atoms with Gasteiger partial charge < -0.3 is 10.6 Å². The quantitative estimate of drug-likeness (QED) is 0.263. The van der Waals surface area contributed by atoms with Gasteiger partial charge in [-0.25, -0.2) is 0 Å². The summed E-state index contributed by atoms with van der Waals surface area (Å²) >= 11 is 2.07. The fraction of sp³-hybridized carbons (Fsp3) is 0.714. The molecular formula is C7H14IN3O. The zero-order valence-corrected chi connectivity index (χ0v) is 9.46. The monoisotopic (exact) mass is 283 g/mol. The first-order chi connectivity index (χ1) is 5.49. The largest absolute Gasteiger partial charge is 0.370 e. The topological polar surface area (TPSA) is 70.2 Å². The molecule has 0 heterocycles. The Labute approximate surface area is 86.1 Å². The summed E-state index contributed by atoms with van der Waals surface area (Å²) in [6.07, 6.45) is 0. The molecule has 0 aliphatic rings. The number of hydrogen-bond acceptors (Lipinski definition) is 2. The van der Waals surface area contributed by atoms with E-state index in [0.29, 0.717) is 4.55 Å². The van der Waals surface area contributed by atoms with E-state index in [4.69, 9.17) is 11.1 Å². The number of carbonyl (C=O) groups is 1. The van der Waals surface area contributed by atoms with Crippen molar-refractivity contribution in [3.63, 3.8) is 0 Å². The SMILES string of the molecule is CC(C)C(=O)CN(CI)C(=N)N. The third-order valence-corrected chi connectivity index (χ3v) is 2.30. The molecule has 0 unspecified atom stereocenters. The van der Waals surface area contributed by atoms with Crippen LogP contribution in [0.4, 0.5) is 0 Å². The number of alkyl halides is 1. The summed E-state index contributed by atoms with van der Waals surface area (Å²) in [7, 11) is 0. The van der Waals surface area contributed by atoms with Crippen LogP contribution in [0.2, 0.25) is 0 Å². The highest BCUT2D eigenvalue weighted by Crippen LogP contribution is 1.99. The van der Waals surface area contributed by atoms with Crippen LogP contribution in [0, 0.1) is 11.3 Å². The highest BCUT2D eigenvalue weighted by Gasteiger charge is 2.13. The second-order valence-corrected chi connectivity index (χ2v) is 3.51. The van der Waals surface area contributed by atoms with Crippen molar-refractivity contribution < 1.29 is 4.79 Å². The minimum atomic E-state index is -0.0431. The van der Waals surface area contributed by atoms with Crippen LogP contribution in [0.5, 0.6) is 0 Å². The van der Waals surface area contributed by atoms with Crippen LogP contribution in [0.15, 0.2) is 0 Å². The van der Waals surface area contributed by atoms with Gasteiger partial charge in [0.2, 0.25) is 0 Å². The van der Waals surface area contributed by atoms with Gasteiger partial charge in [-0.05, 0) is 0 Å². The molecule has 0 aromatic rings. The first kappa shape index (κ1) is 11.7. The molecule has 0 aliphatic carbocycles. The molecular weight excluding hydrogens is 269 g/mol. The molecule has 0 saturated carbocycles. The van der Waals surface area contributed by atoms with Gasteiger partial charge in [0.1, 0.15) is 0 Å². The second-order valence-electron chi connectivity index (χ2n) is 2.82. The highest BCUT2D eigenvalue weighted by atomic mass is 127. The highest BCUT2D eigenvalue weighted by molar-refractivity contribution is 14.1. The van der Waals surface area contributed by atoms with E-state index in [9.17, 15) is 4.79 Å². The molecule has 5 heteroatoms. The van der Waals surface area contributed by atoms with Gasteiger partial charge in [-0.3, -0.25) is 10.2 Å². The molecule has 0 atom stereocenters. The lowest BCUT2D eigenvalue weighted by atomic mass is 10.1. The Morgan fingerprint density at radius 3 is 2.42 bits per heavy atom. The molecule has 0 amide bonds. The summed E-state index contributed by atoms with van der Waals surface area (Å²) in [4.78, 5) is 12.8. The van der Waals surface area contributed by atoms with Crippen LogP contribution in [-0.2, 0) is 4.79 Å². The van der Waals surface area contributed by atoms with E-state index in [0.717, 1.165) is 0 Å². The number of Topliss-reactive ketones (excluding diaryl/α,β-unsaturated/α-hetero) is 1. The fourth-order valence-corrected chi connectivity index (χ4v) is 1.17. The summed E-state index contributed by atoms with van der Waals surface area (Å²) in [5.41, 5.74) is 5.25. The maximum atomic E-state index is 11.2. The summed E-state index contributed by atoms with van der Waals surface area (Å²) in [5, 5.41) is 7.13. The van der Waals surface area contributed by atoms with Gasteiger partial charge in [-0.15, -0.1) is 0 Å². The maximum Gasteiger partial charge on any atom is 0.189 e. The second kappa shape index (κ2) is 5.34. The molecule has 0 radical (unpaired) electrons. The lowest BCUT2D eigenvalue weighted by molar-refractivity contribution is -0.122. The van der Waals surface area contributed by atoms with Gasteiger partial charge in [0.15, 0.2) is 11.7 Å². The van der Waals surface area contributed by atoms with Crippen molar-refractivity contribution in [3.8, 4) is 0 Å². The van der Waals surface area contributed by atoms with E-state index >= 15 is 0 Å². The molecule has 0 fully saturated rings. The minimum Gasteiger partial charge on any atom is -0.370 e. The zero-order chi connectivity index (χ0) is 9.72. The molecule has 0 aromatic carbocycles. The molecule has 0 saturated heterocycles. The van der Waals surface area contributed by atoms with Crippen LogP contribution in [0.3, 0.4) is 0 Å². The molecule has 70 valence electrons. The average molecular weight is 283 g/mol. The number of hydrogen-bond donors (Lipinski definition) is 2.